The van der Waals surface area contributed by atoms with Gasteiger partial charge in [0.25, 0.3) is 0 Å². The van der Waals surface area contributed by atoms with Gasteiger partial charge in [0.15, 0.2) is 0 Å². The smallest absolute Gasteiger partial charge is 0.240 e. The molecule has 0 spiro atoms. The highest BCUT2D eigenvalue weighted by molar-refractivity contribution is 7.19. The lowest BCUT2D eigenvalue weighted by Gasteiger charge is -2.44. The van der Waals surface area contributed by atoms with Crippen molar-refractivity contribution in [2.24, 2.45) is 7.05 Å². The first kappa shape index (κ1) is 23.1. The van der Waals surface area contributed by atoms with Gasteiger partial charge in [-0.3, -0.25) is 0 Å². The van der Waals surface area contributed by atoms with E-state index in [0.717, 1.165) is 6.54 Å². The van der Waals surface area contributed by atoms with Crippen LogP contribution in [0.4, 0.5) is 0 Å². The summed E-state index contributed by atoms with van der Waals surface area (Å²) in [6.45, 7) is 4.52. The van der Waals surface area contributed by atoms with Gasteiger partial charge in [-0.15, -0.1) is 0 Å². The molecule has 3 heteroatoms. The van der Waals surface area contributed by atoms with Crippen molar-refractivity contribution in [3.05, 3.63) is 153 Å². The van der Waals surface area contributed by atoms with E-state index in [1.54, 1.807) is 0 Å². The zero-order chi connectivity index (χ0) is 23.6. The lowest BCUT2D eigenvalue weighted by Crippen LogP contribution is -2.74. The molecule has 2 nitrogen and oxygen atoms in total. The van der Waals surface area contributed by atoms with Crippen LogP contribution in [0.1, 0.15) is 0 Å². The Morgan fingerprint density at radius 3 is 1.26 bits per heavy atom. The fourth-order valence-electron chi connectivity index (χ4n) is 4.88. The molecule has 168 valence electrons. The molecule has 0 fully saturated rings. The lowest BCUT2D eigenvalue weighted by atomic mass is 9.13. The van der Waals surface area contributed by atoms with Crippen LogP contribution in [0.25, 0.3) is 0 Å². The Balaban J connectivity index is 0.000000257. The minimum absolute atomic E-state index is 0.890. The minimum Gasteiger partial charge on any atom is -0.240 e. The standard InChI is InChI=1S/C24H20B.C7H11N2/c1-5-13-21(14-6-1)25(22-15-7-2-8-16-22,23-17-9-3-10-18-23)24-19-11-4-12-20-24;1-3-4-9-6-5-8(2)7-9/h1-20H;3,5-7H,1,4H2,2H3/q-1;+1. The predicted octanol–water partition coefficient (Wildman–Crippen LogP) is 3.56. The third-order valence-corrected chi connectivity index (χ3v) is 6.36. The highest BCUT2D eigenvalue weighted by Crippen LogP contribution is 2.09. The SMILES string of the molecule is C=CCn1cc[n+](C)c1.c1ccc([B-](c2ccccc2)(c2ccccc2)c2ccccc2)cc1. The molecule has 0 saturated heterocycles. The number of rotatable bonds is 6. The van der Waals surface area contributed by atoms with E-state index in [0.29, 0.717) is 0 Å². The van der Waals surface area contributed by atoms with E-state index < -0.39 is 6.15 Å². The largest absolute Gasteiger partial charge is 0.243 e. The average molecular weight is 442 g/mol. The predicted molar refractivity (Wildman–Crippen MR) is 146 cm³/mol. The Morgan fingerprint density at radius 2 is 1.00 bits per heavy atom. The Bertz CT molecular complexity index is 1120. The molecule has 1 aromatic heterocycles. The van der Waals surface area contributed by atoms with Crippen molar-refractivity contribution in [1.82, 2.24) is 4.57 Å². The fraction of sp³-hybridized carbons (Fsp3) is 0.0645. The average Bonchev–Trinajstić information content (AvgIpc) is 3.32. The molecule has 0 N–H and O–H groups in total. The van der Waals surface area contributed by atoms with Gasteiger partial charge in [0.1, 0.15) is 25.1 Å². The monoisotopic (exact) mass is 442 g/mol. The number of aryl methyl sites for hydroxylation is 1. The molecule has 0 aliphatic rings. The molecule has 0 bridgehead atoms. The van der Waals surface area contributed by atoms with Gasteiger partial charge in [-0.1, -0.05) is 134 Å². The van der Waals surface area contributed by atoms with Gasteiger partial charge in [-0.25, -0.2) is 9.13 Å². The van der Waals surface area contributed by atoms with Crippen LogP contribution < -0.4 is 26.4 Å². The summed E-state index contributed by atoms with van der Waals surface area (Å²) in [5.74, 6) is 0. The van der Waals surface area contributed by atoms with Gasteiger partial charge < -0.3 is 0 Å². The van der Waals surface area contributed by atoms with Gasteiger partial charge in [0.05, 0.1) is 7.05 Å². The Kier molecular flexibility index (Phi) is 7.57. The van der Waals surface area contributed by atoms with Crippen molar-refractivity contribution in [2.45, 2.75) is 6.54 Å². The number of imidazole rings is 1. The Labute approximate surface area is 203 Å². The highest BCUT2D eigenvalue weighted by Gasteiger charge is 2.30. The summed E-state index contributed by atoms with van der Waals surface area (Å²) in [5, 5.41) is 0. The Morgan fingerprint density at radius 1 is 0.647 bits per heavy atom. The van der Waals surface area contributed by atoms with Crippen LogP contribution in [0.3, 0.4) is 0 Å². The molecule has 4 aromatic carbocycles. The molecule has 0 radical (unpaired) electrons. The molecule has 0 unspecified atom stereocenters. The number of hydrogen-bond donors (Lipinski definition) is 0. The van der Waals surface area contributed by atoms with Gasteiger partial charge in [0.2, 0.25) is 6.33 Å². The van der Waals surface area contributed by atoms with Gasteiger partial charge in [-0.05, 0) is 0 Å². The van der Waals surface area contributed by atoms with Gasteiger partial charge in [-0.2, -0.15) is 21.9 Å². The molecule has 0 saturated carbocycles. The Hall–Kier alpha value is -4.11. The quantitative estimate of drug-likeness (QED) is 0.216. The maximum atomic E-state index is 3.64. The second-order valence-corrected chi connectivity index (χ2v) is 8.57. The second-order valence-electron chi connectivity index (χ2n) is 8.57. The first-order chi connectivity index (χ1) is 16.7. The third-order valence-electron chi connectivity index (χ3n) is 6.36. The first-order valence-corrected chi connectivity index (χ1v) is 11.7. The maximum absolute atomic E-state index is 3.64. The zero-order valence-electron chi connectivity index (χ0n) is 19.7. The summed E-state index contributed by atoms with van der Waals surface area (Å²) in [4.78, 5) is 0. The lowest BCUT2D eigenvalue weighted by molar-refractivity contribution is -0.671. The summed E-state index contributed by atoms with van der Waals surface area (Å²) < 4.78 is 4.07. The van der Waals surface area contributed by atoms with Crippen molar-refractivity contribution in [3.63, 3.8) is 0 Å². The summed E-state index contributed by atoms with van der Waals surface area (Å²) in [5.41, 5.74) is 5.36. The minimum atomic E-state index is -1.22. The van der Waals surface area contributed by atoms with Crippen molar-refractivity contribution in [1.29, 1.82) is 0 Å². The number of allylic oxidation sites excluding steroid dienone is 1. The maximum Gasteiger partial charge on any atom is 0.243 e. The van der Waals surface area contributed by atoms with E-state index in [1.807, 2.05) is 36.4 Å². The zero-order valence-corrected chi connectivity index (χ0v) is 19.7. The normalized spacial score (nSPS) is 10.7. The van der Waals surface area contributed by atoms with E-state index in [1.165, 1.54) is 21.9 Å². The first-order valence-electron chi connectivity index (χ1n) is 11.7. The van der Waals surface area contributed by atoms with E-state index in [2.05, 4.69) is 132 Å². The van der Waals surface area contributed by atoms with Gasteiger partial charge >= 0.3 is 0 Å². The molecule has 5 rings (SSSR count). The van der Waals surface area contributed by atoms with Crippen LogP contribution in [0, 0.1) is 0 Å². The van der Waals surface area contributed by atoms with Crippen LogP contribution in [-0.4, -0.2) is 10.7 Å². The van der Waals surface area contributed by atoms with Crippen molar-refractivity contribution < 1.29 is 4.57 Å². The summed E-state index contributed by atoms with van der Waals surface area (Å²) >= 11 is 0. The second kappa shape index (κ2) is 11.2. The third kappa shape index (κ3) is 4.94. The summed E-state index contributed by atoms with van der Waals surface area (Å²) in [6.07, 6.45) is 6.69. The number of nitrogens with zero attached hydrogens (tertiary/aromatic N) is 2. The molecule has 0 amide bonds. The number of hydrogen-bond acceptors (Lipinski definition) is 0. The molecule has 0 atom stereocenters. The summed E-state index contributed by atoms with van der Waals surface area (Å²) in [7, 11) is 2.00. The fourth-order valence-corrected chi connectivity index (χ4v) is 4.88. The topological polar surface area (TPSA) is 8.81 Å². The van der Waals surface area contributed by atoms with Crippen LogP contribution in [-0.2, 0) is 13.6 Å². The molecular weight excluding hydrogens is 411 g/mol. The van der Waals surface area contributed by atoms with Crippen molar-refractivity contribution in [2.75, 3.05) is 0 Å². The molecule has 34 heavy (non-hydrogen) atoms. The van der Waals surface area contributed by atoms with Crippen molar-refractivity contribution >= 4 is 28.0 Å². The van der Waals surface area contributed by atoms with Crippen LogP contribution >= 0.6 is 0 Å². The summed E-state index contributed by atoms with van der Waals surface area (Å²) in [6, 6.07) is 43.5. The van der Waals surface area contributed by atoms with Crippen LogP contribution in [0.15, 0.2) is 153 Å². The number of aromatic nitrogens is 2. The van der Waals surface area contributed by atoms with Crippen LogP contribution in [0.2, 0.25) is 0 Å². The molecule has 5 aromatic rings. The van der Waals surface area contributed by atoms with E-state index >= 15 is 0 Å². The molecule has 0 aliphatic heterocycles. The van der Waals surface area contributed by atoms with E-state index in [4.69, 9.17) is 0 Å². The highest BCUT2D eigenvalue weighted by atomic mass is 15.1. The van der Waals surface area contributed by atoms with Crippen molar-refractivity contribution in [3.8, 4) is 0 Å². The molecule has 1 heterocycles. The molecular formula is C31H31BN2. The number of benzene rings is 4. The van der Waals surface area contributed by atoms with Gasteiger partial charge in [0, 0.05) is 0 Å². The van der Waals surface area contributed by atoms with Crippen LogP contribution in [0.5, 0.6) is 0 Å². The van der Waals surface area contributed by atoms with E-state index in [-0.39, 0.29) is 0 Å². The van der Waals surface area contributed by atoms with E-state index in [9.17, 15) is 0 Å². The molecule has 0 aliphatic carbocycles.